The molecule has 0 saturated heterocycles. The summed E-state index contributed by atoms with van der Waals surface area (Å²) in [6, 6.07) is 4.82. The van der Waals surface area contributed by atoms with Gasteiger partial charge in [0, 0.05) is 32.2 Å². The van der Waals surface area contributed by atoms with E-state index in [-0.39, 0.29) is 17.6 Å². The van der Waals surface area contributed by atoms with E-state index in [0.29, 0.717) is 22.0 Å². The van der Waals surface area contributed by atoms with Crippen LogP contribution in [0.25, 0.3) is 11.0 Å². The van der Waals surface area contributed by atoms with Crippen molar-refractivity contribution in [2.75, 3.05) is 24.3 Å². The Kier molecular flexibility index (Phi) is 6.17. The number of hydrogen-bond donors (Lipinski definition) is 2. The monoisotopic (exact) mass is 489 g/mol. The second-order valence-electron chi connectivity index (χ2n) is 7.93. The molecule has 4 aromatic rings. The van der Waals surface area contributed by atoms with E-state index in [1.807, 2.05) is 18.5 Å². The molecule has 1 aromatic carbocycles. The van der Waals surface area contributed by atoms with Crippen molar-refractivity contribution in [2.24, 2.45) is 7.05 Å². The summed E-state index contributed by atoms with van der Waals surface area (Å²) in [6.07, 6.45) is 0.396. The maximum atomic E-state index is 13.1. The number of alkyl halides is 3. The molecular formula is C22H22F3N7OS. The van der Waals surface area contributed by atoms with Gasteiger partial charge in [-0.15, -0.1) is 0 Å². The standard InChI is InChI=1S/C22H22F3N7OS/c1-12(29-20(33)15-8-18-16(9-26-15)28-11-32(18)4)19-10-27-21(34-19)30-14-6-5-13(22(23,24)25)7-17(14)31(2)3/h5-12H,1-4H3,(H,27,30)(H,29,33). The summed E-state index contributed by atoms with van der Waals surface area (Å²) in [5, 5.41) is 6.47. The highest BCUT2D eigenvalue weighted by molar-refractivity contribution is 7.15. The van der Waals surface area contributed by atoms with Gasteiger partial charge in [0.1, 0.15) is 11.2 Å². The number of pyridine rings is 1. The number of benzene rings is 1. The van der Waals surface area contributed by atoms with Gasteiger partial charge in [0.25, 0.3) is 5.91 Å². The molecule has 4 rings (SSSR count). The lowest BCUT2D eigenvalue weighted by atomic mass is 10.1. The number of nitrogens with one attached hydrogen (secondary N) is 2. The van der Waals surface area contributed by atoms with Crippen LogP contribution in [0.5, 0.6) is 0 Å². The Morgan fingerprint density at radius 1 is 1.15 bits per heavy atom. The predicted molar refractivity (Wildman–Crippen MR) is 126 cm³/mol. The smallest absolute Gasteiger partial charge is 0.376 e. The summed E-state index contributed by atoms with van der Waals surface area (Å²) in [5.41, 5.74) is 1.91. The zero-order chi connectivity index (χ0) is 24.6. The van der Waals surface area contributed by atoms with E-state index in [9.17, 15) is 18.0 Å². The van der Waals surface area contributed by atoms with Crippen molar-refractivity contribution in [1.82, 2.24) is 24.8 Å². The van der Waals surface area contributed by atoms with Crippen LogP contribution in [0.2, 0.25) is 0 Å². The minimum absolute atomic E-state index is 0.270. The first-order chi connectivity index (χ1) is 16.0. The number of hydrogen-bond acceptors (Lipinski definition) is 7. The SMILES string of the molecule is CC(NC(=O)c1cc2c(cn1)ncn2C)c1cnc(Nc2ccc(C(F)(F)F)cc2N(C)C)s1. The second-order valence-corrected chi connectivity index (χ2v) is 8.99. The van der Waals surface area contributed by atoms with Gasteiger partial charge in [0.15, 0.2) is 5.13 Å². The highest BCUT2D eigenvalue weighted by Gasteiger charge is 2.31. The van der Waals surface area contributed by atoms with Gasteiger partial charge in [0.05, 0.1) is 41.0 Å². The van der Waals surface area contributed by atoms with Crippen molar-refractivity contribution >= 4 is 44.8 Å². The maximum Gasteiger partial charge on any atom is 0.416 e. The molecule has 0 fully saturated rings. The number of fused-ring (bicyclic) bond motifs is 1. The summed E-state index contributed by atoms with van der Waals surface area (Å²) in [5.74, 6) is -0.337. The Bertz CT molecular complexity index is 1350. The average molecular weight is 490 g/mol. The van der Waals surface area contributed by atoms with Crippen molar-refractivity contribution in [2.45, 2.75) is 19.1 Å². The number of carbonyl (C=O) groups is 1. The molecule has 1 amide bonds. The Labute approximate surface area is 197 Å². The number of imidazole rings is 1. The maximum absolute atomic E-state index is 13.1. The number of thiazole rings is 1. The van der Waals surface area contributed by atoms with Crippen LogP contribution < -0.4 is 15.5 Å². The van der Waals surface area contributed by atoms with Gasteiger partial charge < -0.3 is 20.1 Å². The Balaban J connectivity index is 1.48. The molecule has 0 aliphatic rings. The van der Waals surface area contributed by atoms with E-state index in [2.05, 4.69) is 25.6 Å². The summed E-state index contributed by atoms with van der Waals surface area (Å²) < 4.78 is 41.1. The van der Waals surface area contributed by atoms with Crippen molar-refractivity contribution in [1.29, 1.82) is 0 Å². The molecule has 1 unspecified atom stereocenters. The highest BCUT2D eigenvalue weighted by atomic mass is 32.1. The number of rotatable bonds is 6. The number of aryl methyl sites for hydroxylation is 1. The Hall–Kier alpha value is -3.67. The minimum atomic E-state index is -4.43. The van der Waals surface area contributed by atoms with Gasteiger partial charge in [-0.3, -0.25) is 4.79 Å². The molecule has 178 valence electrons. The largest absolute Gasteiger partial charge is 0.416 e. The first-order valence-electron chi connectivity index (χ1n) is 10.2. The third-order valence-electron chi connectivity index (χ3n) is 5.19. The van der Waals surface area contributed by atoms with E-state index in [1.165, 1.54) is 17.4 Å². The van der Waals surface area contributed by atoms with Crippen LogP contribution in [0.4, 0.5) is 29.7 Å². The number of anilines is 3. The zero-order valence-corrected chi connectivity index (χ0v) is 19.6. The molecular weight excluding hydrogens is 467 g/mol. The lowest BCUT2D eigenvalue weighted by Gasteiger charge is -2.19. The molecule has 2 N–H and O–H groups in total. The summed E-state index contributed by atoms with van der Waals surface area (Å²) in [4.78, 5) is 27.8. The van der Waals surface area contributed by atoms with E-state index in [0.717, 1.165) is 22.5 Å². The zero-order valence-electron chi connectivity index (χ0n) is 18.8. The van der Waals surface area contributed by atoms with Crippen molar-refractivity contribution in [3.8, 4) is 0 Å². The number of carbonyl (C=O) groups excluding carboxylic acids is 1. The van der Waals surface area contributed by atoms with E-state index >= 15 is 0 Å². The molecule has 0 spiro atoms. The number of halogens is 3. The van der Waals surface area contributed by atoms with Crippen LogP contribution in [-0.4, -0.2) is 39.5 Å². The number of amides is 1. The molecule has 0 bridgehead atoms. The van der Waals surface area contributed by atoms with Crippen LogP contribution >= 0.6 is 11.3 Å². The summed E-state index contributed by atoms with van der Waals surface area (Å²) in [6.45, 7) is 1.82. The van der Waals surface area contributed by atoms with E-state index in [1.54, 1.807) is 43.8 Å². The molecule has 0 aliphatic carbocycles. The van der Waals surface area contributed by atoms with Gasteiger partial charge in [0.2, 0.25) is 0 Å². The molecule has 3 aromatic heterocycles. The van der Waals surface area contributed by atoms with Crippen molar-refractivity contribution in [3.05, 3.63) is 59.1 Å². The number of nitrogens with zero attached hydrogens (tertiary/aromatic N) is 5. The van der Waals surface area contributed by atoms with Crippen LogP contribution in [0.1, 0.15) is 33.9 Å². The average Bonchev–Trinajstić information content (AvgIpc) is 3.39. The highest BCUT2D eigenvalue weighted by Crippen LogP contribution is 2.37. The molecule has 0 aliphatic heterocycles. The molecule has 3 heterocycles. The van der Waals surface area contributed by atoms with Gasteiger partial charge >= 0.3 is 6.18 Å². The first-order valence-corrected chi connectivity index (χ1v) is 11.0. The molecule has 8 nitrogen and oxygen atoms in total. The van der Waals surface area contributed by atoms with Crippen molar-refractivity contribution < 1.29 is 18.0 Å². The summed E-state index contributed by atoms with van der Waals surface area (Å²) in [7, 11) is 5.18. The third kappa shape index (κ3) is 4.81. The van der Waals surface area contributed by atoms with Gasteiger partial charge in [-0.2, -0.15) is 13.2 Å². The van der Waals surface area contributed by atoms with Crippen LogP contribution in [0.15, 0.2) is 43.0 Å². The minimum Gasteiger partial charge on any atom is -0.376 e. The quantitative estimate of drug-likeness (QED) is 0.407. The second kappa shape index (κ2) is 8.93. The van der Waals surface area contributed by atoms with Crippen LogP contribution in [-0.2, 0) is 13.2 Å². The predicted octanol–water partition coefficient (Wildman–Crippen LogP) is 4.74. The topological polar surface area (TPSA) is 88.0 Å². The van der Waals surface area contributed by atoms with Gasteiger partial charge in [-0.1, -0.05) is 11.3 Å². The van der Waals surface area contributed by atoms with Crippen LogP contribution in [0, 0.1) is 0 Å². The Morgan fingerprint density at radius 3 is 2.62 bits per heavy atom. The fourth-order valence-corrected chi connectivity index (χ4v) is 4.17. The summed E-state index contributed by atoms with van der Waals surface area (Å²) >= 11 is 1.30. The van der Waals surface area contributed by atoms with Crippen molar-refractivity contribution in [3.63, 3.8) is 0 Å². The normalized spacial score (nSPS) is 12.6. The Morgan fingerprint density at radius 2 is 1.91 bits per heavy atom. The fraction of sp³-hybridized carbons (Fsp3) is 0.273. The van der Waals surface area contributed by atoms with Gasteiger partial charge in [-0.25, -0.2) is 15.0 Å². The molecule has 0 radical (unpaired) electrons. The lowest BCUT2D eigenvalue weighted by Crippen LogP contribution is -2.26. The van der Waals surface area contributed by atoms with E-state index < -0.39 is 11.7 Å². The van der Waals surface area contributed by atoms with E-state index in [4.69, 9.17) is 0 Å². The molecule has 34 heavy (non-hydrogen) atoms. The molecule has 1 atom stereocenters. The first kappa shape index (κ1) is 23.5. The van der Waals surface area contributed by atoms with Crippen LogP contribution in [0.3, 0.4) is 0 Å². The third-order valence-corrected chi connectivity index (χ3v) is 6.29. The van der Waals surface area contributed by atoms with Gasteiger partial charge in [-0.05, 0) is 31.2 Å². The lowest BCUT2D eigenvalue weighted by molar-refractivity contribution is -0.137. The number of aromatic nitrogens is 4. The fourth-order valence-electron chi connectivity index (χ4n) is 3.34. The molecule has 0 saturated carbocycles. The molecule has 12 heteroatoms.